The van der Waals surface area contributed by atoms with Gasteiger partial charge >= 0.3 is 0 Å². The minimum atomic E-state index is -3.88. The summed E-state index contributed by atoms with van der Waals surface area (Å²) in [7, 11) is -7.14. The molecule has 0 atom stereocenters. The molecule has 0 amide bonds. The predicted octanol–water partition coefficient (Wildman–Crippen LogP) is 1.57. The van der Waals surface area contributed by atoms with E-state index in [0.717, 1.165) is 18.2 Å². The topological polar surface area (TPSA) is 83.6 Å². The molecular formula is C13H18ClFN2O4S2. The molecule has 1 aromatic carbocycles. The molecule has 1 aliphatic rings. The van der Waals surface area contributed by atoms with Crippen molar-refractivity contribution in [3.8, 4) is 0 Å². The van der Waals surface area contributed by atoms with Crippen LogP contribution in [0.25, 0.3) is 0 Å². The molecule has 23 heavy (non-hydrogen) atoms. The average Bonchev–Trinajstić information content (AvgIpc) is 2.47. The average molecular weight is 385 g/mol. The fourth-order valence-corrected chi connectivity index (χ4v) is 5.38. The van der Waals surface area contributed by atoms with Gasteiger partial charge in [-0.15, -0.1) is 0 Å². The number of hydrogen-bond acceptors (Lipinski definition) is 4. The van der Waals surface area contributed by atoms with Gasteiger partial charge in [-0.1, -0.05) is 11.6 Å². The second-order valence-corrected chi connectivity index (χ2v) is 9.62. The minimum absolute atomic E-state index is 0.0224. The van der Waals surface area contributed by atoms with Crippen LogP contribution in [0.3, 0.4) is 0 Å². The highest BCUT2D eigenvalue weighted by atomic mass is 35.5. The zero-order chi connectivity index (χ0) is 17.3. The maximum atomic E-state index is 13.0. The summed E-state index contributed by atoms with van der Waals surface area (Å²) in [4.78, 5) is -0.191. The number of rotatable bonds is 5. The first kappa shape index (κ1) is 18.6. The Morgan fingerprint density at radius 2 is 1.87 bits per heavy atom. The molecule has 1 aromatic rings. The molecule has 6 nitrogen and oxygen atoms in total. The Balaban J connectivity index is 2.06. The highest BCUT2D eigenvalue weighted by Gasteiger charge is 2.30. The van der Waals surface area contributed by atoms with Gasteiger partial charge in [0.2, 0.25) is 20.0 Å². The Bertz CT molecular complexity index is 775. The number of sulfonamides is 2. The highest BCUT2D eigenvalue weighted by molar-refractivity contribution is 7.89. The number of benzene rings is 1. The van der Waals surface area contributed by atoms with Crippen molar-refractivity contribution < 1.29 is 21.2 Å². The lowest BCUT2D eigenvalue weighted by molar-refractivity contribution is 0.309. The second-order valence-electron chi connectivity index (χ2n) is 5.27. The minimum Gasteiger partial charge on any atom is -0.212 e. The number of piperidine rings is 1. The van der Waals surface area contributed by atoms with Gasteiger partial charge in [-0.25, -0.2) is 30.3 Å². The van der Waals surface area contributed by atoms with Gasteiger partial charge in [0.05, 0.1) is 10.8 Å². The Labute approximate surface area is 140 Å². The fourth-order valence-electron chi connectivity index (χ4n) is 2.41. The number of nitrogens with zero attached hydrogens (tertiary/aromatic N) is 1. The first-order valence-electron chi connectivity index (χ1n) is 7.11. The summed E-state index contributed by atoms with van der Waals surface area (Å²) >= 11 is 5.79. The third-order valence-corrected chi connectivity index (χ3v) is 7.60. The van der Waals surface area contributed by atoms with Crippen LogP contribution in [0.2, 0.25) is 5.02 Å². The first-order chi connectivity index (χ1) is 10.7. The molecule has 0 radical (unpaired) electrons. The summed E-state index contributed by atoms with van der Waals surface area (Å²) in [5, 5.41) is -0.191. The molecule has 1 aliphatic heterocycles. The van der Waals surface area contributed by atoms with E-state index in [-0.39, 0.29) is 34.8 Å². The number of hydrogen-bond donors (Lipinski definition) is 1. The van der Waals surface area contributed by atoms with Gasteiger partial charge in [-0.3, -0.25) is 0 Å². The van der Waals surface area contributed by atoms with Crippen LogP contribution in [-0.2, 0) is 20.0 Å². The molecule has 0 unspecified atom stereocenters. The third-order valence-electron chi connectivity index (χ3n) is 3.72. The van der Waals surface area contributed by atoms with Crippen molar-refractivity contribution in [2.75, 3.05) is 18.8 Å². The molecule has 0 saturated carbocycles. The van der Waals surface area contributed by atoms with Gasteiger partial charge < -0.3 is 0 Å². The van der Waals surface area contributed by atoms with Crippen LogP contribution in [0.15, 0.2) is 23.1 Å². The monoisotopic (exact) mass is 384 g/mol. The van der Waals surface area contributed by atoms with Crippen LogP contribution >= 0.6 is 11.6 Å². The maximum absolute atomic E-state index is 13.0. The molecule has 10 heteroatoms. The lowest BCUT2D eigenvalue weighted by atomic mass is 10.1. The van der Waals surface area contributed by atoms with Gasteiger partial charge in [0.1, 0.15) is 10.7 Å². The van der Waals surface area contributed by atoms with Crippen LogP contribution in [0.1, 0.15) is 19.8 Å². The summed E-state index contributed by atoms with van der Waals surface area (Å²) < 4.78 is 65.1. The molecule has 0 spiro atoms. The second kappa shape index (κ2) is 7.02. The number of nitrogens with one attached hydrogen (secondary N) is 1. The van der Waals surface area contributed by atoms with Crippen molar-refractivity contribution in [2.45, 2.75) is 30.7 Å². The van der Waals surface area contributed by atoms with Crippen molar-refractivity contribution in [3.63, 3.8) is 0 Å². The van der Waals surface area contributed by atoms with Gasteiger partial charge in [0.15, 0.2) is 0 Å². The molecule has 1 fully saturated rings. The Morgan fingerprint density at radius 3 is 2.39 bits per heavy atom. The zero-order valence-corrected chi connectivity index (χ0v) is 14.9. The molecule has 1 saturated heterocycles. The Morgan fingerprint density at radius 1 is 1.26 bits per heavy atom. The lowest BCUT2D eigenvalue weighted by Gasteiger charge is -2.31. The quantitative estimate of drug-likeness (QED) is 0.835. The van der Waals surface area contributed by atoms with Gasteiger partial charge in [-0.05, 0) is 38.0 Å². The van der Waals surface area contributed by atoms with Crippen molar-refractivity contribution in [1.29, 1.82) is 0 Å². The maximum Gasteiger partial charge on any atom is 0.242 e. The third kappa shape index (κ3) is 4.42. The number of halogens is 2. The van der Waals surface area contributed by atoms with Crippen molar-refractivity contribution in [3.05, 3.63) is 29.0 Å². The fraction of sp³-hybridized carbons (Fsp3) is 0.538. The summed E-state index contributed by atoms with van der Waals surface area (Å²) in [5.41, 5.74) is 0. The predicted molar refractivity (Wildman–Crippen MR) is 85.8 cm³/mol. The van der Waals surface area contributed by atoms with E-state index < -0.39 is 25.9 Å². The normalized spacial score (nSPS) is 18.2. The molecule has 0 aromatic heterocycles. The van der Waals surface area contributed by atoms with E-state index in [2.05, 4.69) is 4.72 Å². The zero-order valence-electron chi connectivity index (χ0n) is 12.5. The summed E-state index contributed by atoms with van der Waals surface area (Å²) in [6.07, 6.45) is 0.745. The van der Waals surface area contributed by atoms with E-state index >= 15 is 0 Å². The lowest BCUT2D eigenvalue weighted by Crippen LogP contribution is -2.46. The van der Waals surface area contributed by atoms with Crippen LogP contribution in [-0.4, -0.2) is 46.0 Å². The van der Waals surface area contributed by atoms with Crippen molar-refractivity contribution >= 4 is 31.6 Å². The van der Waals surface area contributed by atoms with Crippen LogP contribution in [0, 0.1) is 5.82 Å². The Kier molecular flexibility index (Phi) is 5.68. The van der Waals surface area contributed by atoms with Crippen LogP contribution < -0.4 is 4.72 Å². The van der Waals surface area contributed by atoms with Crippen molar-refractivity contribution in [1.82, 2.24) is 9.03 Å². The van der Waals surface area contributed by atoms with E-state index in [1.807, 2.05) is 0 Å². The standard InChI is InChI=1S/C13H18ClFN2O4S2/c1-2-22(18,19)17-7-5-11(6-8-17)16-23(20,21)13-4-3-10(15)9-12(13)14/h3-4,9,11,16H,2,5-8H2,1H3. The SMILES string of the molecule is CCS(=O)(=O)N1CCC(NS(=O)(=O)c2ccc(F)cc2Cl)CC1. The molecule has 1 N–H and O–H groups in total. The molecular weight excluding hydrogens is 367 g/mol. The van der Waals surface area contributed by atoms with E-state index in [0.29, 0.717) is 12.8 Å². The van der Waals surface area contributed by atoms with E-state index in [1.54, 1.807) is 6.92 Å². The molecule has 0 aliphatic carbocycles. The van der Waals surface area contributed by atoms with Gasteiger partial charge in [0.25, 0.3) is 0 Å². The Hall–Kier alpha value is -0.740. The van der Waals surface area contributed by atoms with E-state index in [9.17, 15) is 21.2 Å². The van der Waals surface area contributed by atoms with E-state index in [1.165, 1.54) is 4.31 Å². The molecule has 0 bridgehead atoms. The van der Waals surface area contributed by atoms with Crippen molar-refractivity contribution in [2.24, 2.45) is 0 Å². The van der Waals surface area contributed by atoms with Crippen LogP contribution in [0.5, 0.6) is 0 Å². The smallest absolute Gasteiger partial charge is 0.212 e. The summed E-state index contributed by atoms with van der Waals surface area (Å²) in [6, 6.07) is 2.68. The summed E-state index contributed by atoms with van der Waals surface area (Å²) in [5.74, 6) is -0.596. The molecule has 1 heterocycles. The first-order valence-corrected chi connectivity index (χ1v) is 10.6. The summed E-state index contributed by atoms with van der Waals surface area (Å²) in [6.45, 7) is 2.10. The van der Waals surface area contributed by atoms with Gasteiger partial charge in [0, 0.05) is 19.1 Å². The molecule has 2 rings (SSSR count). The van der Waals surface area contributed by atoms with Crippen LogP contribution in [0.4, 0.5) is 4.39 Å². The van der Waals surface area contributed by atoms with E-state index in [4.69, 9.17) is 11.6 Å². The largest absolute Gasteiger partial charge is 0.242 e. The van der Waals surface area contributed by atoms with Gasteiger partial charge in [-0.2, -0.15) is 0 Å². The molecule has 130 valence electrons. The highest BCUT2D eigenvalue weighted by Crippen LogP contribution is 2.23.